The Morgan fingerprint density at radius 1 is 1.25 bits per heavy atom. The van der Waals surface area contributed by atoms with Crippen LogP contribution < -0.4 is 5.32 Å². The first-order chi connectivity index (χ1) is 11.4. The number of nitrogens with zero attached hydrogens (tertiary/aromatic N) is 2. The summed E-state index contributed by atoms with van der Waals surface area (Å²) in [6, 6.07) is 9.15. The predicted octanol–water partition coefficient (Wildman–Crippen LogP) is 1.42. The van der Waals surface area contributed by atoms with Crippen LogP contribution in [0.1, 0.15) is 12.0 Å². The van der Waals surface area contributed by atoms with Gasteiger partial charge in [0, 0.05) is 25.3 Å². The van der Waals surface area contributed by atoms with Crippen LogP contribution in [-0.4, -0.2) is 69.0 Å². The number of nitrogens with one attached hydrogen (secondary N) is 1. The molecular formula is C17H25N3O3S. The van der Waals surface area contributed by atoms with Gasteiger partial charge in [-0.2, -0.15) is 0 Å². The number of benzene rings is 1. The molecular weight excluding hydrogens is 326 g/mol. The zero-order valence-corrected chi connectivity index (χ0v) is 15.0. The van der Waals surface area contributed by atoms with Crippen molar-refractivity contribution in [2.24, 2.45) is 0 Å². The van der Waals surface area contributed by atoms with Gasteiger partial charge in [-0.15, -0.1) is 0 Å². The number of rotatable bonds is 6. The summed E-state index contributed by atoms with van der Waals surface area (Å²) in [7, 11) is 0.825. The molecule has 0 spiro atoms. The zero-order valence-electron chi connectivity index (χ0n) is 14.2. The van der Waals surface area contributed by atoms with Gasteiger partial charge in [0.2, 0.25) is 0 Å². The number of sulfone groups is 1. The van der Waals surface area contributed by atoms with Crippen molar-refractivity contribution >= 4 is 21.9 Å². The van der Waals surface area contributed by atoms with Crippen LogP contribution in [0.5, 0.6) is 0 Å². The van der Waals surface area contributed by atoms with Gasteiger partial charge < -0.3 is 15.1 Å². The molecule has 132 valence electrons. The number of hydrogen-bond acceptors (Lipinski definition) is 4. The Bertz CT molecular complexity index is 672. The van der Waals surface area contributed by atoms with E-state index < -0.39 is 9.84 Å². The quantitative estimate of drug-likeness (QED) is 0.841. The monoisotopic (exact) mass is 351 g/mol. The third kappa shape index (κ3) is 5.65. The van der Waals surface area contributed by atoms with Gasteiger partial charge >= 0.3 is 6.03 Å². The lowest BCUT2D eigenvalue weighted by Crippen LogP contribution is -2.48. The highest BCUT2D eigenvalue weighted by Crippen LogP contribution is 2.18. The number of carbonyl (C=O) groups excluding carboxylic acids is 1. The second kappa shape index (κ2) is 8.30. The lowest BCUT2D eigenvalue weighted by atomic mass is 10.2. The molecule has 24 heavy (non-hydrogen) atoms. The van der Waals surface area contributed by atoms with Gasteiger partial charge in [0.05, 0.1) is 11.5 Å². The van der Waals surface area contributed by atoms with Crippen molar-refractivity contribution in [1.82, 2.24) is 15.1 Å². The average molecular weight is 351 g/mol. The number of likely N-dealkylation sites (N-methyl/N-ethyl adjacent to an activating group) is 1. The summed E-state index contributed by atoms with van der Waals surface area (Å²) in [5.41, 5.74) is 0.987. The van der Waals surface area contributed by atoms with Gasteiger partial charge in [0.1, 0.15) is 0 Å². The molecule has 0 aromatic heterocycles. The maximum absolute atomic E-state index is 12.5. The molecule has 1 unspecified atom stereocenters. The van der Waals surface area contributed by atoms with Gasteiger partial charge in [-0.25, -0.2) is 13.2 Å². The van der Waals surface area contributed by atoms with E-state index in [-0.39, 0.29) is 23.6 Å². The SMILES string of the molecule is CN(C)CCN(C(=O)N/C=C/c1ccccc1)C1CCS(=O)(=O)C1. The highest BCUT2D eigenvalue weighted by molar-refractivity contribution is 7.91. The normalized spacial score (nSPS) is 19.7. The van der Waals surface area contributed by atoms with Crippen LogP contribution in [0.4, 0.5) is 4.79 Å². The fourth-order valence-electron chi connectivity index (χ4n) is 2.64. The molecule has 2 amide bonds. The molecule has 1 N–H and O–H groups in total. The van der Waals surface area contributed by atoms with Gasteiger partial charge in [0.25, 0.3) is 0 Å². The van der Waals surface area contributed by atoms with Crippen molar-refractivity contribution in [3.05, 3.63) is 42.1 Å². The van der Waals surface area contributed by atoms with Crippen molar-refractivity contribution in [3.63, 3.8) is 0 Å². The Morgan fingerprint density at radius 3 is 2.54 bits per heavy atom. The summed E-state index contributed by atoms with van der Waals surface area (Å²) in [5.74, 6) is 0.208. The summed E-state index contributed by atoms with van der Waals surface area (Å²) in [4.78, 5) is 16.1. The van der Waals surface area contributed by atoms with E-state index >= 15 is 0 Å². The molecule has 2 rings (SSSR count). The van der Waals surface area contributed by atoms with Crippen molar-refractivity contribution in [2.75, 3.05) is 38.7 Å². The predicted molar refractivity (Wildman–Crippen MR) is 96.3 cm³/mol. The van der Waals surface area contributed by atoms with E-state index in [2.05, 4.69) is 5.32 Å². The van der Waals surface area contributed by atoms with Crippen LogP contribution in [0, 0.1) is 0 Å². The molecule has 0 radical (unpaired) electrons. The summed E-state index contributed by atoms with van der Waals surface area (Å²) < 4.78 is 23.4. The fourth-order valence-corrected chi connectivity index (χ4v) is 4.37. The lowest BCUT2D eigenvalue weighted by molar-refractivity contribution is 0.176. The van der Waals surface area contributed by atoms with Gasteiger partial charge in [0.15, 0.2) is 9.84 Å². The highest BCUT2D eigenvalue weighted by Gasteiger charge is 2.34. The van der Waals surface area contributed by atoms with E-state index in [0.29, 0.717) is 19.5 Å². The second-order valence-electron chi connectivity index (χ2n) is 6.25. The van der Waals surface area contributed by atoms with Gasteiger partial charge in [-0.1, -0.05) is 30.3 Å². The zero-order chi connectivity index (χ0) is 17.6. The molecule has 1 saturated heterocycles. The molecule has 6 nitrogen and oxygen atoms in total. The molecule has 0 bridgehead atoms. The van der Waals surface area contributed by atoms with Crippen molar-refractivity contribution < 1.29 is 13.2 Å². The Morgan fingerprint density at radius 2 is 1.96 bits per heavy atom. The van der Waals surface area contributed by atoms with E-state index in [0.717, 1.165) is 5.56 Å². The third-order valence-electron chi connectivity index (χ3n) is 3.98. The van der Waals surface area contributed by atoms with E-state index in [9.17, 15) is 13.2 Å². The molecule has 1 heterocycles. The topological polar surface area (TPSA) is 69.7 Å². The van der Waals surface area contributed by atoms with Crippen LogP contribution in [0.25, 0.3) is 6.08 Å². The Labute approximate surface area is 144 Å². The average Bonchev–Trinajstić information content (AvgIpc) is 2.88. The fraction of sp³-hybridized carbons (Fsp3) is 0.471. The van der Waals surface area contributed by atoms with Crippen molar-refractivity contribution in [2.45, 2.75) is 12.5 Å². The molecule has 1 aliphatic rings. The number of urea groups is 1. The van der Waals surface area contributed by atoms with E-state index in [4.69, 9.17) is 0 Å². The number of hydrogen-bond donors (Lipinski definition) is 1. The van der Waals surface area contributed by atoms with Crippen LogP contribution in [0.2, 0.25) is 0 Å². The molecule has 1 fully saturated rings. The van der Waals surface area contributed by atoms with Gasteiger partial charge in [-0.05, 0) is 32.2 Å². The summed E-state index contributed by atoms with van der Waals surface area (Å²) in [5, 5.41) is 2.75. The minimum atomic E-state index is -3.03. The molecule has 0 saturated carbocycles. The Balaban J connectivity index is 2.00. The number of carbonyl (C=O) groups is 1. The molecule has 1 atom stereocenters. The second-order valence-corrected chi connectivity index (χ2v) is 8.48. The maximum Gasteiger partial charge on any atom is 0.321 e. The van der Waals surface area contributed by atoms with E-state index in [1.165, 1.54) is 0 Å². The minimum absolute atomic E-state index is 0.0518. The smallest absolute Gasteiger partial charge is 0.319 e. The first-order valence-electron chi connectivity index (χ1n) is 8.01. The Hall–Kier alpha value is -1.86. The van der Waals surface area contributed by atoms with E-state index in [1.807, 2.05) is 55.4 Å². The molecule has 7 heteroatoms. The Kier molecular flexibility index (Phi) is 6.39. The summed E-state index contributed by atoms with van der Waals surface area (Å²) in [6.45, 7) is 1.19. The third-order valence-corrected chi connectivity index (χ3v) is 5.73. The molecule has 1 aliphatic heterocycles. The van der Waals surface area contributed by atoms with Gasteiger partial charge in [-0.3, -0.25) is 0 Å². The highest BCUT2D eigenvalue weighted by atomic mass is 32.2. The van der Waals surface area contributed by atoms with Crippen LogP contribution >= 0.6 is 0 Å². The largest absolute Gasteiger partial charge is 0.321 e. The number of amides is 2. The molecule has 1 aromatic carbocycles. The molecule has 1 aromatic rings. The standard InChI is InChI=1S/C17H25N3O3S/c1-19(2)11-12-20(16-9-13-24(22,23)14-16)17(21)18-10-8-15-6-4-3-5-7-15/h3-8,10,16H,9,11-14H2,1-2H3,(H,18,21)/b10-8+. The first-order valence-corrected chi connectivity index (χ1v) is 9.83. The summed E-state index contributed by atoms with van der Waals surface area (Å²) >= 11 is 0. The summed E-state index contributed by atoms with van der Waals surface area (Å²) in [6.07, 6.45) is 3.92. The van der Waals surface area contributed by atoms with E-state index in [1.54, 1.807) is 11.1 Å². The molecule has 0 aliphatic carbocycles. The van der Waals surface area contributed by atoms with Crippen molar-refractivity contribution in [3.8, 4) is 0 Å². The minimum Gasteiger partial charge on any atom is -0.319 e. The maximum atomic E-state index is 12.5. The van der Waals surface area contributed by atoms with Crippen LogP contribution in [0.3, 0.4) is 0 Å². The van der Waals surface area contributed by atoms with Crippen molar-refractivity contribution in [1.29, 1.82) is 0 Å². The lowest BCUT2D eigenvalue weighted by Gasteiger charge is -2.29. The van der Waals surface area contributed by atoms with Crippen LogP contribution in [-0.2, 0) is 9.84 Å². The first kappa shape index (κ1) is 18.5. The van der Waals surface area contributed by atoms with Crippen LogP contribution in [0.15, 0.2) is 36.5 Å².